The first-order valence-electron chi connectivity index (χ1n) is 10.0. The Balaban J connectivity index is 1.14. The molecule has 27 heavy (non-hydrogen) atoms. The van der Waals surface area contributed by atoms with Crippen LogP contribution in [0.25, 0.3) is 0 Å². The van der Waals surface area contributed by atoms with Gasteiger partial charge < -0.3 is 29.3 Å². The third-order valence-electron chi connectivity index (χ3n) is 6.53. The first-order chi connectivity index (χ1) is 13.2. The molecule has 0 saturated carbocycles. The van der Waals surface area contributed by atoms with Crippen LogP contribution in [0.2, 0.25) is 0 Å². The van der Waals surface area contributed by atoms with E-state index in [4.69, 9.17) is 14.2 Å². The third kappa shape index (κ3) is 3.34. The van der Waals surface area contributed by atoms with Crippen LogP contribution in [0, 0.1) is 0 Å². The lowest BCUT2D eigenvalue weighted by molar-refractivity contribution is -0.151. The number of anilines is 1. The number of carbonyl (C=O) groups is 1. The maximum absolute atomic E-state index is 11.3. The average Bonchev–Trinajstić information content (AvgIpc) is 3.19. The van der Waals surface area contributed by atoms with Crippen molar-refractivity contribution in [3.63, 3.8) is 0 Å². The molecule has 0 bridgehead atoms. The van der Waals surface area contributed by atoms with Crippen molar-refractivity contribution in [1.29, 1.82) is 0 Å². The Labute approximate surface area is 159 Å². The minimum atomic E-state index is -0.127. The lowest BCUT2D eigenvalue weighted by atomic mass is 9.88. The molecule has 4 aliphatic rings. The van der Waals surface area contributed by atoms with Crippen LogP contribution in [0.3, 0.4) is 0 Å². The number of nitrogens with zero attached hydrogens (tertiary/aromatic N) is 2. The van der Waals surface area contributed by atoms with Crippen molar-refractivity contribution < 1.29 is 19.0 Å². The van der Waals surface area contributed by atoms with Crippen LogP contribution in [0.1, 0.15) is 25.7 Å². The van der Waals surface area contributed by atoms with E-state index in [9.17, 15) is 4.79 Å². The van der Waals surface area contributed by atoms with E-state index in [1.54, 1.807) is 0 Å². The third-order valence-corrected chi connectivity index (χ3v) is 6.53. The highest BCUT2D eigenvalue weighted by Crippen LogP contribution is 2.37. The molecule has 0 aliphatic carbocycles. The molecular weight excluding hydrogens is 346 g/mol. The van der Waals surface area contributed by atoms with Gasteiger partial charge in [0, 0.05) is 50.5 Å². The summed E-state index contributed by atoms with van der Waals surface area (Å²) in [5.41, 5.74) is 1.10. The lowest BCUT2D eigenvalue weighted by Crippen LogP contribution is -2.59. The lowest BCUT2D eigenvalue weighted by Gasteiger charge is -2.47. The fraction of sp³-hybridized carbons (Fsp3) is 0.650. The Kier molecular flexibility index (Phi) is 4.36. The number of likely N-dealkylation sites (tertiary alicyclic amines) is 1. The Morgan fingerprint density at radius 2 is 1.81 bits per heavy atom. The van der Waals surface area contributed by atoms with E-state index in [-0.39, 0.29) is 18.1 Å². The molecule has 3 saturated heterocycles. The quantitative estimate of drug-likeness (QED) is 0.845. The minimum Gasteiger partial charge on any atom is -0.454 e. The van der Waals surface area contributed by atoms with E-state index >= 15 is 0 Å². The van der Waals surface area contributed by atoms with Gasteiger partial charge in [0.15, 0.2) is 11.5 Å². The first kappa shape index (κ1) is 17.1. The zero-order valence-corrected chi connectivity index (χ0v) is 15.6. The van der Waals surface area contributed by atoms with Crippen molar-refractivity contribution in [2.24, 2.45) is 0 Å². The minimum absolute atomic E-state index is 0.0129. The number of benzene rings is 1. The summed E-state index contributed by atoms with van der Waals surface area (Å²) in [4.78, 5) is 16.4. The molecule has 3 fully saturated rings. The van der Waals surface area contributed by atoms with E-state index in [0.717, 1.165) is 50.5 Å². The Morgan fingerprint density at radius 1 is 1.04 bits per heavy atom. The molecule has 0 radical (unpaired) electrons. The summed E-state index contributed by atoms with van der Waals surface area (Å²) >= 11 is 0. The van der Waals surface area contributed by atoms with Gasteiger partial charge in [-0.2, -0.15) is 0 Å². The second kappa shape index (κ2) is 6.87. The van der Waals surface area contributed by atoms with Gasteiger partial charge in [-0.3, -0.25) is 4.79 Å². The molecule has 7 heteroatoms. The van der Waals surface area contributed by atoms with Gasteiger partial charge in [-0.25, -0.2) is 0 Å². The Hall–Kier alpha value is -1.99. The number of nitrogens with one attached hydrogen (secondary N) is 1. The van der Waals surface area contributed by atoms with Crippen molar-refractivity contribution >= 4 is 11.6 Å². The molecule has 0 aromatic heterocycles. The number of morpholine rings is 1. The number of hydrogen-bond acceptors (Lipinski definition) is 6. The topological polar surface area (TPSA) is 63.3 Å². The molecule has 1 aromatic rings. The SMILES string of the molecule is O=C1COC2(CCN(C3CCN(c4ccc5c(c4)OCO5)CC3)CC2)CN1. The van der Waals surface area contributed by atoms with Crippen LogP contribution in [0.5, 0.6) is 11.5 Å². The predicted octanol–water partition coefficient (Wildman–Crippen LogP) is 1.37. The van der Waals surface area contributed by atoms with Gasteiger partial charge in [-0.1, -0.05) is 0 Å². The van der Waals surface area contributed by atoms with Crippen LogP contribution in [0.15, 0.2) is 18.2 Å². The number of carbonyl (C=O) groups excluding carboxylic acids is 1. The molecule has 1 aromatic carbocycles. The van der Waals surface area contributed by atoms with E-state index in [2.05, 4.69) is 27.2 Å². The number of amides is 1. The molecular formula is C20H27N3O4. The highest BCUT2D eigenvalue weighted by atomic mass is 16.7. The number of rotatable bonds is 2. The van der Waals surface area contributed by atoms with Gasteiger partial charge in [0.2, 0.25) is 12.7 Å². The van der Waals surface area contributed by atoms with E-state index in [0.29, 0.717) is 19.4 Å². The number of fused-ring (bicyclic) bond motifs is 1. The van der Waals surface area contributed by atoms with Crippen LogP contribution in [-0.2, 0) is 9.53 Å². The summed E-state index contributed by atoms with van der Waals surface area (Å²) in [6.07, 6.45) is 4.38. The van der Waals surface area contributed by atoms with Crippen LogP contribution >= 0.6 is 0 Å². The van der Waals surface area contributed by atoms with E-state index in [1.165, 1.54) is 18.5 Å². The summed E-state index contributed by atoms with van der Waals surface area (Å²) in [5, 5.41) is 2.97. The van der Waals surface area contributed by atoms with Gasteiger partial charge in [-0.05, 0) is 37.8 Å². The first-order valence-corrected chi connectivity index (χ1v) is 10.0. The molecule has 0 atom stereocenters. The summed E-state index contributed by atoms with van der Waals surface area (Å²) < 4.78 is 16.8. The van der Waals surface area contributed by atoms with E-state index in [1.807, 2.05) is 6.07 Å². The summed E-state index contributed by atoms with van der Waals surface area (Å²) in [5.74, 6) is 1.71. The second-order valence-corrected chi connectivity index (χ2v) is 8.04. The van der Waals surface area contributed by atoms with Crippen LogP contribution < -0.4 is 19.7 Å². The molecule has 5 rings (SSSR count). The van der Waals surface area contributed by atoms with Crippen molar-refractivity contribution in [1.82, 2.24) is 10.2 Å². The molecule has 0 unspecified atom stereocenters. The maximum atomic E-state index is 11.3. The van der Waals surface area contributed by atoms with Crippen molar-refractivity contribution in [2.75, 3.05) is 51.0 Å². The van der Waals surface area contributed by atoms with Gasteiger partial charge in [0.25, 0.3) is 0 Å². The summed E-state index contributed by atoms with van der Waals surface area (Å²) in [7, 11) is 0. The normalized spacial score (nSPS) is 25.6. The zero-order valence-electron chi connectivity index (χ0n) is 15.6. The van der Waals surface area contributed by atoms with Gasteiger partial charge >= 0.3 is 0 Å². The molecule has 1 N–H and O–H groups in total. The van der Waals surface area contributed by atoms with E-state index < -0.39 is 0 Å². The number of piperidine rings is 2. The van der Waals surface area contributed by atoms with Crippen molar-refractivity contribution in [2.45, 2.75) is 37.3 Å². The molecule has 1 amide bonds. The largest absolute Gasteiger partial charge is 0.454 e. The van der Waals surface area contributed by atoms with Gasteiger partial charge in [-0.15, -0.1) is 0 Å². The Bertz CT molecular complexity index is 697. The standard InChI is InChI=1S/C20H27N3O4/c24-19-12-27-20(13-21-19)5-9-23(10-6-20)15-3-7-22(8-4-15)16-1-2-17-18(11-16)26-14-25-17/h1-2,11,15H,3-10,12-14H2,(H,21,24). The number of hydrogen-bond donors (Lipinski definition) is 1. The van der Waals surface area contributed by atoms with Gasteiger partial charge in [0.1, 0.15) is 6.61 Å². The fourth-order valence-electron chi connectivity index (χ4n) is 4.77. The number of ether oxygens (including phenoxy) is 3. The van der Waals surface area contributed by atoms with Gasteiger partial charge in [0.05, 0.1) is 5.60 Å². The van der Waals surface area contributed by atoms with Crippen LogP contribution in [-0.4, -0.2) is 68.6 Å². The fourth-order valence-corrected chi connectivity index (χ4v) is 4.77. The molecule has 7 nitrogen and oxygen atoms in total. The smallest absolute Gasteiger partial charge is 0.246 e. The van der Waals surface area contributed by atoms with Crippen LogP contribution in [0.4, 0.5) is 5.69 Å². The monoisotopic (exact) mass is 373 g/mol. The molecule has 146 valence electrons. The second-order valence-electron chi connectivity index (χ2n) is 8.04. The average molecular weight is 373 g/mol. The predicted molar refractivity (Wildman–Crippen MR) is 100 cm³/mol. The summed E-state index contributed by atoms with van der Waals surface area (Å²) in [6.45, 7) is 5.47. The highest BCUT2D eigenvalue weighted by molar-refractivity contribution is 5.78. The van der Waals surface area contributed by atoms with Crippen molar-refractivity contribution in [3.05, 3.63) is 18.2 Å². The molecule has 1 spiro atoms. The summed E-state index contributed by atoms with van der Waals surface area (Å²) in [6, 6.07) is 6.89. The highest BCUT2D eigenvalue weighted by Gasteiger charge is 2.40. The zero-order chi connectivity index (χ0) is 18.3. The van der Waals surface area contributed by atoms with Crippen molar-refractivity contribution in [3.8, 4) is 11.5 Å². The Morgan fingerprint density at radius 3 is 2.56 bits per heavy atom. The maximum Gasteiger partial charge on any atom is 0.246 e. The molecule has 4 aliphatic heterocycles. The molecule has 4 heterocycles.